The van der Waals surface area contributed by atoms with Crippen molar-refractivity contribution in [3.05, 3.63) is 102 Å². The highest BCUT2D eigenvalue weighted by Crippen LogP contribution is 2.39. The van der Waals surface area contributed by atoms with Crippen LogP contribution in [0.2, 0.25) is 0 Å². The van der Waals surface area contributed by atoms with Crippen LogP contribution in [0.1, 0.15) is 30.5 Å². The van der Waals surface area contributed by atoms with E-state index in [1.54, 1.807) is 24.5 Å². The minimum absolute atomic E-state index is 0.153. The molecule has 0 bridgehead atoms. The normalized spacial score (nSPS) is 17.2. The van der Waals surface area contributed by atoms with Gasteiger partial charge in [0.05, 0.1) is 0 Å². The van der Waals surface area contributed by atoms with Crippen LogP contribution in [0.25, 0.3) is 17.2 Å². The van der Waals surface area contributed by atoms with Gasteiger partial charge in [-0.3, -0.25) is 9.78 Å². The second-order valence-electron chi connectivity index (χ2n) is 7.16. The Morgan fingerprint density at radius 1 is 1.13 bits per heavy atom. The Hall–Kier alpha value is -3.73. The van der Waals surface area contributed by atoms with Crippen molar-refractivity contribution < 1.29 is 9.28 Å². The first-order chi connectivity index (χ1) is 14.6. The van der Waals surface area contributed by atoms with E-state index in [-0.39, 0.29) is 5.91 Å². The molecule has 1 unspecified atom stereocenters. The second kappa shape index (κ2) is 8.74. The van der Waals surface area contributed by atoms with Crippen LogP contribution in [0.5, 0.6) is 0 Å². The number of benzene rings is 2. The summed E-state index contributed by atoms with van der Waals surface area (Å²) < 4.78 is 14.8. The number of pyridine rings is 1. The monoisotopic (exact) mass is 399 g/mol. The van der Waals surface area contributed by atoms with Gasteiger partial charge in [-0.15, -0.1) is 0 Å². The highest BCUT2D eigenvalue weighted by molar-refractivity contribution is 5.94. The minimum atomic E-state index is -0.572. The molecule has 2 aromatic carbocycles. The highest BCUT2D eigenvalue weighted by atomic mass is 19.2. The van der Waals surface area contributed by atoms with Gasteiger partial charge in [-0.1, -0.05) is 65.2 Å². The van der Waals surface area contributed by atoms with Gasteiger partial charge in [-0.25, -0.2) is 5.12 Å². The van der Waals surface area contributed by atoms with Gasteiger partial charge in [0, 0.05) is 36.8 Å². The van der Waals surface area contributed by atoms with Crippen molar-refractivity contribution in [2.75, 3.05) is 5.32 Å². The molecule has 5 heteroatoms. The third kappa shape index (κ3) is 4.15. The molecule has 0 radical (unpaired) electrons. The van der Waals surface area contributed by atoms with Gasteiger partial charge in [0.2, 0.25) is 5.91 Å². The zero-order valence-corrected chi connectivity index (χ0v) is 16.6. The number of carbonyl (C=O) groups excluding carboxylic acids is 1. The summed E-state index contributed by atoms with van der Waals surface area (Å²) in [6, 6.07) is 18.9. The van der Waals surface area contributed by atoms with E-state index in [1.165, 1.54) is 13.1 Å². The van der Waals surface area contributed by atoms with Gasteiger partial charge in [0.25, 0.3) is 0 Å². The average molecular weight is 399 g/mol. The Labute approximate surface area is 175 Å². The fourth-order valence-corrected chi connectivity index (χ4v) is 3.75. The number of amides is 1. The van der Waals surface area contributed by atoms with Crippen LogP contribution in [0, 0.1) is 0 Å². The zero-order valence-electron chi connectivity index (χ0n) is 16.6. The first-order valence-corrected chi connectivity index (χ1v) is 9.80. The predicted molar refractivity (Wildman–Crippen MR) is 118 cm³/mol. The number of anilines is 1. The van der Waals surface area contributed by atoms with Crippen LogP contribution < -0.4 is 5.32 Å². The minimum Gasteiger partial charge on any atom is -0.326 e. The molecule has 1 aliphatic rings. The summed E-state index contributed by atoms with van der Waals surface area (Å²) in [6.45, 7) is 1.48. The third-order valence-corrected chi connectivity index (χ3v) is 5.03. The van der Waals surface area contributed by atoms with Crippen molar-refractivity contribution in [3.8, 4) is 11.1 Å². The lowest BCUT2D eigenvalue weighted by Crippen LogP contribution is -2.20. The number of rotatable bonds is 4. The summed E-state index contributed by atoms with van der Waals surface area (Å²) in [7, 11) is 0. The summed E-state index contributed by atoms with van der Waals surface area (Å²) in [5.41, 5.74) is 5.20. The fraction of sp³-hybridized carbons (Fsp3) is 0.120. The molecular weight excluding hydrogens is 377 g/mol. The maximum absolute atomic E-state index is 14.8. The number of aromatic nitrogens is 1. The Balaban J connectivity index is 1.88. The number of halogens is 1. The molecule has 1 N–H and O–H groups in total. The molecule has 0 spiro atoms. The van der Waals surface area contributed by atoms with E-state index in [9.17, 15) is 9.28 Å². The Morgan fingerprint density at radius 3 is 2.70 bits per heavy atom. The van der Waals surface area contributed by atoms with Crippen molar-refractivity contribution in [1.29, 1.82) is 0 Å². The van der Waals surface area contributed by atoms with Gasteiger partial charge >= 0.3 is 0 Å². The lowest BCUT2D eigenvalue weighted by atomic mass is 9.90. The van der Waals surface area contributed by atoms with E-state index in [0.717, 1.165) is 27.8 Å². The van der Waals surface area contributed by atoms with E-state index >= 15 is 0 Å². The third-order valence-electron chi connectivity index (χ3n) is 5.03. The Morgan fingerprint density at radius 2 is 1.97 bits per heavy atom. The van der Waals surface area contributed by atoms with E-state index in [1.807, 2.05) is 60.7 Å². The average Bonchev–Trinajstić information content (AvgIpc) is 2.76. The van der Waals surface area contributed by atoms with Crippen LogP contribution in [0.15, 0.2) is 90.9 Å². The number of nitrogens with zero attached hydrogens (tertiary/aromatic N) is 2. The van der Waals surface area contributed by atoms with Crippen molar-refractivity contribution >= 4 is 17.7 Å². The van der Waals surface area contributed by atoms with Gasteiger partial charge < -0.3 is 5.32 Å². The number of allylic oxidation sites excluding steroid dienone is 1. The molecule has 1 aliphatic heterocycles. The van der Waals surface area contributed by atoms with Crippen LogP contribution in [-0.2, 0) is 4.79 Å². The van der Waals surface area contributed by atoms with Crippen LogP contribution in [0.4, 0.5) is 10.2 Å². The SMILES string of the molecule is CC(=O)Nc1cccc(-c2ccccc2)c1/C=C1\CC=CN(F)C1c1cccnc1. The molecule has 2 heterocycles. The molecule has 4 rings (SSSR count). The lowest BCUT2D eigenvalue weighted by molar-refractivity contribution is -0.114. The number of hydrogen-bond donors (Lipinski definition) is 1. The molecule has 1 amide bonds. The summed E-state index contributed by atoms with van der Waals surface area (Å²) >= 11 is 0. The second-order valence-corrected chi connectivity index (χ2v) is 7.16. The van der Waals surface area contributed by atoms with E-state index in [0.29, 0.717) is 17.2 Å². The molecule has 30 heavy (non-hydrogen) atoms. The van der Waals surface area contributed by atoms with E-state index < -0.39 is 6.04 Å². The summed E-state index contributed by atoms with van der Waals surface area (Å²) in [5.74, 6) is -0.153. The van der Waals surface area contributed by atoms with Gasteiger partial charge in [0.15, 0.2) is 0 Å². The largest absolute Gasteiger partial charge is 0.326 e. The van der Waals surface area contributed by atoms with Crippen LogP contribution in [-0.4, -0.2) is 16.0 Å². The maximum Gasteiger partial charge on any atom is 0.221 e. The van der Waals surface area contributed by atoms with Crippen molar-refractivity contribution in [2.24, 2.45) is 0 Å². The van der Waals surface area contributed by atoms with Crippen LogP contribution >= 0.6 is 0 Å². The highest BCUT2D eigenvalue weighted by Gasteiger charge is 2.26. The lowest BCUT2D eigenvalue weighted by Gasteiger charge is -2.29. The molecule has 0 aliphatic carbocycles. The predicted octanol–water partition coefficient (Wildman–Crippen LogP) is 5.94. The van der Waals surface area contributed by atoms with Gasteiger partial charge in [-0.05, 0) is 40.8 Å². The smallest absolute Gasteiger partial charge is 0.221 e. The maximum atomic E-state index is 14.8. The Kier molecular flexibility index (Phi) is 5.70. The van der Waals surface area contributed by atoms with E-state index in [4.69, 9.17) is 0 Å². The molecule has 150 valence electrons. The number of hydrogen-bond acceptors (Lipinski definition) is 3. The van der Waals surface area contributed by atoms with Crippen molar-refractivity contribution in [2.45, 2.75) is 19.4 Å². The molecule has 0 fully saturated rings. The molecule has 1 atom stereocenters. The van der Waals surface area contributed by atoms with E-state index in [2.05, 4.69) is 10.3 Å². The van der Waals surface area contributed by atoms with Gasteiger partial charge in [0.1, 0.15) is 6.04 Å². The standard InChI is InChI=1S/C25H22FN3O/c1-18(30)28-24-13-5-12-22(19-8-3-2-4-9-19)23(24)16-20-11-7-15-29(26)25(20)21-10-6-14-27-17-21/h2-10,12-17,25H,11H2,1H3,(H,28,30)/b20-16+. The topological polar surface area (TPSA) is 45.2 Å². The first-order valence-electron chi connectivity index (χ1n) is 9.80. The molecule has 0 saturated carbocycles. The van der Waals surface area contributed by atoms with Gasteiger partial charge in [-0.2, -0.15) is 0 Å². The summed E-state index contributed by atoms with van der Waals surface area (Å²) in [4.78, 5) is 16.0. The van der Waals surface area contributed by atoms with Crippen LogP contribution in [0.3, 0.4) is 0 Å². The quantitative estimate of drug-likeness (QED) is 0.553. The number of nitrogens with one attached hydrogen (secondary N) is 1. The van der Waals surface area contributed by atoms with Crippen molar-refractivity contribution in [3.63, 3.8) is 0 Å². The van der Waals surface area contributed by atoms with Crippen molar-refractivity contribution in [1.82, 2.24) is 10.1 Å². The molecule has 0 saturated heterocycles. The number of carbonyl (C=O) groups is 1. The molecular formula is C25H22FN3O. The summed E-state index contributed by atoms with van der Waals surface area (Å²) in [5, 5.41) is 3.62. The molecule has 4 nitrogen and oxygen atoms in total. The summed E-state index contributed by atoms with van der Waals surface area (Å²) in [6.07, 6.45) is 9.19. The first kappa shape index (κ1) is 19.6. The fourth-order valence-electron chi connectivity index (χ4n) is 3.75. The molecule has 3 aromatic rings. The molecule has 1 aromatic heterocycles. The zero-order chi connectivity index (χ0) is 20.9. The Bertz CT molecular complexity index is 1090.